The Kier molecular flexibility index (Phi) is 5.45. The van der Waals surface area contributed by atoms with Crippen molar-refractivity contribution in [3.05, 3.63) is 34.9 Å². The highest BCUT2D eigenvalue weighted by Gasteiger charge is 2.21. The summed E-state index contributed by atoms with van der Waals surface area (Å²) in [6.07, 6.45) is 10.4. The minimum atomic E-state index is 0.245. The molecule has 1 atom stereocenters. The van der Waals surface area contributed by atoms with Gasteiger partial charge < -0.3 is 5.73 Å². The van der Waals surface area contributed by atoms with Crippen molar-refractivity contribution in [2.45, 2.75) is 71.3 Å². The van der Waals surface area contributed by atoms with Gasteiger partial charge in [0.2, 0.25) is 0 Å². The molecule has 1 nitrogen and oxygen atoms in total. The molecule has 1 saturated carbocycles. The molecule has 0 aromatic heterocycles. The number of rotatable bonds is 4. The molecule has 0 amide bonds. The molecule has 0 aliphatic heterocycles. The van der Waals surface area contributed by atoms with Crippen LogP contribution in [0.1, 0.15) is 75.1 Å². The molecule has 0 bridgehead atoms. The molecular formula is C18H29N. The van der Waals surface area contributed by atoms with Gasteiger partial charge in [-0.1, -0.05) is 57.7 Å². The smallest absolute Gasteiger partial charge is 0.0323 e. The van der Waals surface area contributed by atoms with E-state index in [1.54, 1.807) is 0 Å². The Bertz CT molecular complexity index is 389. The van der Waals surface area contributed by atoms with Gasteiger partial charge in [0.15, 0.2) is 0 Å². The molecular weight excluding hydrogens is 230 g/mol. The van der Waals surface area contributed by atoms with Crippen LogP contribution in [0.15, 0.2) is 18.2 Å². The summed E-state index contributed by atoms with van der Waals surface area (Å²) in [6, 6.07) is 7.18. The Balaban J connectivity index is 2.15. The number of aryl methyl sites for hydroxylation is 2. The molecule has 1 heteroatoms. The van der Waals surface area contributed by atoms with E-state index in [1.807, 2.05) is 0 Å². The van der Waals surface area contributed by atoms with E-state index in [9.17, 15) is 0 Å². The Morgan fingerprint density at radius 1 is 1.00 bits per heavy atom. The van der Waals surface area contributed by atoms with Crippen LogP contribution in [0.4, 0.5) is 0 Å². The molecule has 19 heavy (non-hydrogen) atoms. The second kappa shape index (κ2) is 7.09. The van der Waals surface area contributed by atoms with Crippen molar-refractivity contribution in [2.24, 2.45) is 11.7 Å². The minimum Gasteiger partial charge on any atom is -0.324 e. The van der Waals surface area contributed by atoms with Crippen molar-refractivity contribution in [3.8, 4) is 0 Å². The molecule has 0 spiro atoms. The third-order valence-electron chi connectivity index (χ3n) is 4.78. The molecule has 1 aromatic carbocycles. The zero-order valence-electron chi connectivity index (χ0n) is 12.6. The topological polar surface area (TPSA) is 26.0 Å². The van der Waals surface area contributed by atoms with Gasteiger partial charge in [-0.3, -0.25) is 0 Å². The highest BCUT2D eigenvalue weighted by molar-refractivity contribution is 5.34. The van der Waals surface area contributed by atoms with E-state index in [0.717, 1.165) is 12.8 Å². The first-order valence-electron chi connectivity index (χ1n) is 8.13. The summed E-state index contributed by atoms with van der Waals surface area (Å²) in [5.74, 6) is 0.694. The lowest BCUT2D eigenvalue weighted by molar-refractivity contribution is 0.382. The highest BCUT2D eigenvalue weighted by atomic mass is 14.7. The van der Waals surface area contributed by atoms with E-state index in [4.69, 9.17) is 5.73 Å². The number of hydrogen-bond acceptors (Lipinski definition) is 1. The van der Waals surface area contributed by atoms with E-state index >= 15 is 0 Å². The predicted octanol–water partition coefficient (Wildman–Crippen LogP) is 4.78. The maximum atomic E-state index is 6.55. The average molecular weight is 259 g/mol. The highest BCUT2D eigenvalue weighted by Crippen LogP contribution is 2.32. The van der Waals surface area contributed by atoms with Crippen LogP contribution in [-0.4, -0.2) is 0 Å². The average Bonchev–Trinajstić information content (AvgIpc) is 2.74. The molecule has 2 N–H and O–H groups in total. The van der Waals surface area contributed by atoms with Crippen LogP contribution >= 0.6 is 0 Å². The van der Waals surface area contributed by atoms with Crippen molar-refractivity contribution < 1.29 is 0 Å². The van der Waals surface area contributed by atoms with Crippen LogP contribution in [0, 0.1) is 5.92 Å². The second-order valence-corrected chi connectivity index (χ2v) is 6.01. The molecule has 2 rings (SSSR count). The zero-order chi connectivity index (χ0) is 13.7. The van der Waals surface area contributed by atoms with Crippen molar-refractivity contribution in [1.82, 2.24) is 0 Å². The lowest BCUT2D eigenvalue weighted by Gasteiger charge is -2.23. The van der Waals surface area contributed by atoms with E-state index in [1.165, 1.54) is 55.2 Å². The molecule has 1 unspecified atom stereocenters. The van der Waals surface area contributed by atoms with Gasteiger partial charge >= 0.3 is 0 Å². The summed E-state index contributed by atoms with van der Waals surface area (Å²) >= 11 is 0. The summed E-state index contributed by atoms with van der Waals surface area (Å²) in [5, 5.41) is 0. The zero-order valence-corrected chi connectivity index (χ0v) is 12.6. The molecule has 1 aliphatic rings. The van der Waals surface area contributed by atoms with Crippen LogP contribution in [0.2, 0.25) is 0 Å². The largest absolute Gasteiger partial charge is 0.324 e. The van der Waals surface area contributed by atoms with Crippen molar-refractivity contribution in [1.29, 1.82) is 0 Å². The van der Waals surface area contributed by atoms with Gasteiger partial charge in [-0.15, -0.1) is 0 Å². The monoisotopic (exact) mass is 259 g/mol. The lowest BCUT2D eigenvalue weighted by Crippen LogP contribution is -2.21. The molecule has 1 aromatic rings. The summed E-state index contributed by atoms with van der Waals surface area (Å²) in [6.45, 7) is 4.48. The lowest BCUT2D eigenvalue weighted by atomic mass is 9.86. The number of benzene rings is 1. The SMILES string of the molecule is CCc1ccc(C(N)C2CCCCCC2)cc1CC. The third kappa shape index (κ3) is 3.60. The predicted molar refractivity (Wildman–Crippen MR) is 83.3 cm³/mol. The number of hydrogen-bond donors (Lipinski definition) is 1. The van der Waals surface area contributed by atoms with Gasteiger partial charge in [0.1, 0.15) is 0 Å². The molecule has 0 heterocycles. The summed E-state index contributed by atoms with van der Waals surface area (Å²) in [4.78, 5) is 0. The summed E-state index contributed by atoms with van der Waals surface area (Å²) in [7, 11) is 0. The van der Waals surface area contributed by atoms with Gasteiger partial charge in [-0.05, 0) is 48.3 Å². The Labute approximate surface area is 118 Å². The normalized spacial score (nSPS) is 19.1. The van der Waals surface area contributed by atoms with Gasteiger partial charge in [-0.25, -0.2) is 0 Å². The first kappa shape index (κ1) is 14.6. The summed E-state index contributed by atoms with van der Waals surface area (Å²) in [5.41, 5.74) is 10.9. The molecule has 0 radical (unpaired) electrons. The fourth-order valence-corrected chi connectivity index (χ4v) is 3.47. The van der Waals surface area contributed by atoms with Gasteiger partial charge in [-0.2, -0.15) is 0 Å². The van der Waals surface area contributed by atoms with Crippen LogP contribution in [0.5, 0.6) is 0 Å². The van der Waals surface area contributed by atoms with E-state index < -0.39 is 0 Å². The van der Waals surface area contributed by atoms with Crippen LogP contribution < -0.4 is 5.73 Å². The maximum absolute atomic E-state index is 6.55. The first-order valence-corrected chi connectivity index (χ1v) is 8.13. The van der Waals surface area contributed by atoms with Crippen molar-refractivity contribution >= 4 is 0 Å². The van der Waals surface area contributed by atoms with E-state index in [-0.39, 0.29) is 6.04 Å². The van der Waals surface area contributed by atoms with Crippen LogP contribution in [0.25, 0.3) is 0 Å². The van der Waals surface area contributed by atoms with Crippen LogP contribution in [0.3, 0.4) is 0 Å². The fourth-order valence-electron chi connectivity index (χ4n) is 3.47. The van der Waals surface area contributed by atoms with Crippen LogP contribution in [-0.2, 0) is 12.8 Å². The Morgan fingerprint density at radius 3 is 2.21 bits per heavy atom. The summed E-state index contributed by atoms with van der Waals surface area (Å²) < 4.78 is 0. The first-order chi connectivity index (χ1) is 9.26. The second-order valence-electron chi connectivity index (χ2n) is 6.01. The van der Waals surface area contributed by atoms with Gasteiger partial charge in [0, 0.05) is 6.04 Å². The van der Waals surface area contributed by atoms with Crippen molar-refractivity contribution in [3.63, 3.8) is 0 Å². The Morgan fingerprint density at radius 2 is 1.63 bits per heavy atom. The molecule has 1 aliphatic carbocycles. The van der Waals surface area contributed by atoms with E-state index in [0.29, 0.717) is 5.92 Å². The maximum Gasteiger partial charge on any atom is 0.0323 e. The van der Waals surface area contributed by atoms with Crippen molar-refractivity contribution in [2.75, 3.05) is 0 Å². The third-order valence-corrected chi connectivity index (χ3v) is 4.78. The molecule has 106 valence electrons. The quantitative estimate of drug-likeness (QED) is 0.774. The van der Waals surface area contributed by atoms with E-state index in [2.05, 4.69) is 32.0 Å². The number of nitrogens with two attached hydrogens (primary N) is 1. The van der Waals surface area contributed by atoms with Gasteiger partial charge in [0.05, 0.1) is 0 Å². The standard InChI is InChI=1S/C18H29N/c1-3-14-11-12-17(13-15(14)4-2)18(19)16-9-7-5-6-8-10-16/h11-13,16,18H,3-10,19H2,1-2H3. The molecule has 1 fully saturated rings. The van der Waals surface area contributed by atoms with Gasteiger partial charge in [0.25, 0.3) is 0 Å². The Hall–Kier alpha value is -0.820. The fraction of sp³-hybridized carbons (Fsp3) is 0.667. The minimum absolute atomic E-state index is 0.245. The molecule has 0 saturated heterocycles.